The molecule has 0 aromatic rings. The number of rotatable bonds is 3. The number of likely N-dealkylation sites (tertiary alicyclic amines) is 2. The summed E-state index contributed by atoms with van der Waals surface area (Å²) in [5, 5.41) is 0. The zero-order valence-electron chi connectivity index (χ0n) is 11.5. The maximum Gasteiger partial charge on any atom is 0.260 e. The quantitative estimate of drug-likeness (QED) is 0.779. The molecule has 0 N–H and O–H groups in total. The lowest BCUT2D eigenvalue weighted by Gasteiger charge is -2.37. The SMILES string of the molecule is O=C(N1CC[C@H]2[C@H]1CCN2CC1CC1)C1(F)CCC1. The number of hydrogen-bond acceptors (Lipinski definition) is 2. The van der Waals surface area contributed by atoms with Crippen LogP contribution in [0.15, 0.2) is 0 Å². The van der Waals surface area contributed by atoms with Gasteiger partial charge in [-0.3, -0.25) is 9.69 Å². The van der Waals surface area contributed by atoms with Gasteiger partial charge in [-0.25, -0.2) is 4.39 Å². The van der Waals surface area contributed by atoms with Crippen molar-refractivity contribution in [3.63, 3.8) is 0 Å². The molecule has 0 spiro atoms. The molecule has 4 heteroatoms. The Morgan fingerprint density at radius 1 is 1.11 bits per heavy atom. The van der Waals surface area contributed by atoms with Crippen LogP contribution >= 0.6 is 0 Å². The Balaban J connectivity index is 1.44. The lowest BCUT2D eigenvalue weighted by atomic mass is 9.81. The van der Waals surface area contributed by atoms with Crippen LogP contribution in [-0.4, -0.2) is 53.1 Å². The molecule has 2 aliphatic heterocycles. The first-order valence-electron chi connectivity index (χ1n) is 7.91. The minimum Gasteiger partial charge on any atom is -0.335 e. The van der Waals surface area contributed by atoms with E-state index >= 15 is 0 Å². The molecule has 3 nitrogen and oxygen atoms in total. The van der Waals surface area contributed by atoms with E-state index in [1.807, 2.05) is 4.90 Å². The smallest absolute Gasteiger partial charge is 0.260 e. The van der Waals surface area contributed by atoms with Crippen molar-refractivity contribution in [3.8, 4) is 0 Å². The molecule has 1 amide bonds. The van der Waals surface area contributed by atoms with E-state index < -0.39 is 5.67 Å². The van der Waals surface area contributed by atoms with E-state index in [-0.39, 0.29) is 5.91 Å². The summed E-state index contributed by atoms with van der Waals surface area (Å²) in [7, 11) is 0. The van der Waals surface area contributed by atoms with Crippen molar-refractivity contribution >= 4 is 5.91 Å². The van der Waals surface area contributed by atoms with E-state index in [1.165, 1.54) is 19.4 Å². The van der Waals surface area contributed by atoms with Crippen molar-refractivity contribution in [1.82, 2.24) is 9.80 Å². The first-order valence-corrected chi connectivity index (χ1v) is 7.91. The Labute approximate surface area is 114 Å². The van der Waals surface area contributed by atoms with Crippen molar-refractivity contribution in [1.29, 1.82) is 0 Å². The van der Waals surface area contributed by atoms with Crippen LogP contribution in [-0.2, 0) is 4.79 Å². The third kappa shape index (κ3) is 1.91. The van der Waals surface area contributed by atoms with Gasteiger partial charge in [-0.05, 0) is 50.9 Å². The molecule has 2 atom stereocenters. The molecule has 0 bridgehead atoms. The number of nitrogens with zero attached hydrogens (tertiary/aromatic N) is 2. The van der Waals surface area contributed by atoms with Crippen molar-refractivity contribution in [2.75, 3.05) is 19.6 Å². The summed E-state index contributed by atoms with van der Waals surface area (Å²) < 4.78 is 14.3. The summed E-state index contributed by atoms with van der Waals surface area (Å²) in [6.07, 6.45) is 6.64. The molecule has 2 aliphatic carbocycles. The van der Waals surface area contributed by atoms with Gasteiger partial charge in [0.1, 0.15) is 0 Å². The fraction of sp³-hybridized carbons (Fsp3) is 0.933. The average Bonchev–Trinajstić information content (AvgIpc) is 2.94. The Kier molecular flexibility index (Phi) is 2.66. The second-order valence-electron chi connectivity index (χ2n) is 6.97. The van der Waals surface area contributed by atoms with Crippen LogP contribution in [0.2, 0.25) is 0 Å². The zero-order chi connectivity index (χ0) is 13.0. The van der Waals surface area contributed by atoms with Gasteiger partial charge in [-0.1, -0.05) is 0 Å². The molecule has 2 saturated heterocycles. The van der Waals surface area contributed by atoms with Crippen LogP contribution in [0, 0.1) is 5.92 Å². The second kappa shape index (κ2) is 4.18. The number of fused-ring (bicyclic) bond motifs is 1. The predicted molar refractivity (Wildman–Crippen MR) is 70.5 cm³/mol. The Bertz CT molecular complexity index is 392. The number of halogens is 1. The molecule has 2 saturated carbocycles. The van der Waals surface area contributed by atoms with E-state index in [1.54, 1.807) is 0 Å². The molecule has 4 rings (SSSR count). The largest absolute Gasteiger partial charge is 0.335 e. The highest BCUT2D eigenvalue weighted by atomic mass is 19.1. The van der Waals surface area contributed by atoms with Gasteiger partial charge >= 0.3 is 0 Å². The molecule has 2 heterocycles. The van der Waals surface area contributed by atoms with Gasteiger partial charge in [0.2, 0.25) is 0 Å². The lowest BCUT2D eigenvalue weighted by molar-refractivity contribution is -0.150. The Morgan fingerprint density at radius 3 is 2.47 bits per heavy atom. The normalized spacial score (nSPS) is 37.2. The topological polar surface area (TPSA) is 23.6 Å². The van der Waals surface area contributed by atoms with Gasteiger partial charge in [0, 0.05) is 31.7 Å². The van der Waals surface area contributed by atoms with Crippen LogP contribution in [0.4, 0.5) is 4.39 Å². The second-order valence-corrected chi connectivity index (χ2v) is 6.97. The Morgan fingerprint density at radius 2 is 1.84 bits per heavy atom. The van der Waals surface area contributed by atoms with Crippen LogP contribution in [0.5, 0.6) is 0 Å². The molecular weight excluding hydrogens is 243 g/mol. The monoisotopic (exact) mass is 266 g/mol. The molecule has 0 unspecified atom stereocenters. The molecule has 106 valence electrons. The van der Waals surface area contributed by atoms with Gasteiger partial charge < -0.3 is 4.90 Å². The van der Waals surface area contributed by atoms with Gasteiger partial charge in [-0.2, -0.15) is 0 Å². The summed E-state index contributed by atoms with van der Waals surface area (Å²) >= 11 is 0. The number of carbonyl (C=O) groups is 1. The predicted octanol–water partition coefficient (Wildman–Crippen LogP) is 1.96. The van der Waals surface area contributed by atoms with E-state index in [9.17, 15) is 9.18 Å². The summed E-state index contributed by atoms with van der Waals surface area (Å²) in [6, 6.07) is 0.827. The first kappa shape index (κ1) is 12.1. The highest BCUT2D eigenvalue weighted by molar-refractivity contribution is 5.86. The number of amides is 1. The number of carbonyl (C=O) groups excluding carboxylic acids is 1. The fourth-order valence-corrected chi connectivity index (χ4v) is 4.14. The minimum absolute atomic E-state index is 0.195. The van der Waals surface area contributed by atoms with Crippen LogP contribution in [0.3, 0.4) is 0 Å². The highest BCUT2D eigenvalue weighted by Gasteiger charge is 2.53. The van der Waals surface area contributed by atoms with Gasteiger partial charge in [0.15, 0.2) is 5.67 Å². The average molecular weight is 266 g/mol. The fourth-order valence-electron chi connectivity index (χ4n) is 4.14. The summed E-state index contributed by atoms with van der Waals surface area (Å²) in [6.45, 7) is 3.10. The molecule has 4 fully saturated rings. The molecule has 0 aromatic heterocycles. The van der Waals surface area contributed by atoms with Crippen LogP contribution in [0.1, 0.15) is 44.9 Å². The van der Waals surface area contributed by atoms with E-state index in [4.69, 9.17) is 0 Å². The van der Waals surface area contributed by atoms with Crippen molar-refractivity contribution < 1.29 is 9.18 Å². The van der Waals surface area contributed by atoms with E-state index in [0.29, 0.717) is 24.9 Å². The summed E-state index contributed by atoms with van der Waals surface area (Å²) in [4.78, 5) is 16.8. The Hall–Kier alpha value is -0.640. The summed E-state index contributed by atoms with van der Waals surface area (Å²) in [5.41, 5.74) is -1.50. The third-order valence-electron chi connectivity index (χ3n) is 5.67. The van der Waals surface area contributed by atoms with Crippen LogP contribution in [0.25, 0.3) is 0 Å². The van der Waals surface area contributed by atoms with Crippen molar-refractivity contribution in [2.45, 2.75) is 62.7 Å². The maximum absolute atomic E-state index is 14.3. The van der Waals surface area contributed by atoms with Gasteiger partial charge in [0.25, 0.3) is 5.91 Å². The van der Waals surface area contributed by atoms with E-state index in [2.05, 4.69) is 4.90 Å². The molecule has 4 aliphatic rings. The molecule has 19 heavy (non-hydrogen) atoms. The number of hydrogen-bond donors (Lipinski definition) is 0. The van der Waals surface area contributed by atoms with Crippen LogP contribution < -0.4 is 0 Å². The minimum atomic E-state index is -1.50. The highest BCUT2D eigenvalue weighted by Crippen LogP contribution is 2.42. The zero-order valence-corrected chi connectivity index (χ0v) is 11.5. The molecule has 0 aromatic carbocycles. The van der Waals surface area contributed by atoms with Crippen molar-refractivity contribution in [2.24, 2.45) is 5.92 Å². The van der Waals surface area contributed by atoms with Crippen molar-refractivity contribution in [3.05, 3.63) is 0 Å². The molecular formula is C15H23FN2O. The maximum atomic E-state index is 14.3. The first-order chi connectivity index (χ1) is 9.17. The van der Waals surface area contributed by atoms with Gasteiger partial charge in [-0.15, -0.1) is 0 Å². The van der Waals surface area contributed by atoms with E-state index in [0.717, 1.165) is 38.3 Å². The molecule has 0 radical (unpaired) electrons. The number of alkyl halides is 1. The summed E-state index contributed by atoms with van der Waals surface area (Å²) in [5.74, 6) is 0.710. The lowest BCUT2D eigenvalue weighted by Crippen LogP contribution is -2.52. The van der Waals surface area contributed by atoms with Gasteiger partial charge in [0.05, 0.1) is 0 Å². The third-order valence-corrected chi connectivity index (χ3v) is 5.67. The standard InChI is InChI=1S/C15H23FN2O/c16-15(6-1-7-15)14(19)18-9-5-12-13(18)4-8-17(12)10-11-2-3-11/h11-13H,1-10H2/t12-,13+/m0/s1.